The van der Waals surface area contributed by atoms with E-state index in [2.05, 4.69) is 0 Å². The van der Waals surface area contributed by atoms with Crippen LogP contribution in [0.2, 0.25) is 0 Å². The second-order valence-electron chi connectivity index (χ2n) is 5.50. The highest BCUT2D eigenvalue weighted by Gasteiger charge is 2.34. The molecule has 1 saturated heterocycles. The summed E-state index contributed by atoms with van der Waals surface area (Å²) in [4.78, 5) is 39.8. The van der Waals surface area contributed by atoms with Gasteiger partial charge in [0.05, 0.1) is 10.8 Å². The highest BCUT2D eigenvalue weighted by molar-refractivity contribution is 8.04. The second-order valence-corrected chi connectivity index (χ2v) is 6.46. The van der Waals surface area contributed by atoms with E-state index >= 15 is 0 Å². The summed E-state index contributed by atoms with van der Waals surface area (Å²) in [6.07, 6.45) is 0. The maximum Gasteiger partial charge on any atom is 0.237 e. The van der Waals surface area contributed by atoms with E-state index in [-0.39, 0.29) is 28.8 Å². The molecule has 0 spiro atoms. The molecule has 0 radical (unpaired) electrons. The number of ketones is 2. The van der Waals surface area contributed by atoms with Crippen LogP contribution in [0.25, 0.3) is 0 Å². The van der Waals surface area contributed by atoms with Crippen LogP contribution in [0.5, 0.6) is 0 Å². The molecule has 3 rings (SSSR count). The van der Waals surface area contributed by atoms with Crippen LogP contribution < -0.4 is 0 Å². The number of nitrogens with zero attached hydrogens (tertiary/aromatic N) is 1. The number of benzene rings is 2. The van der Waals surface area contributed by atoms with Gasteiger partial charge in [0.1, 0.15) is 5.57 Å². The molecular weight excluding hydrogens is 334 g/mol. The Morgan fingerprint density at radius 2 is 1.40 bits per heavy atom. The zero-order valence-electron chi connectivity index (χ0n) is 13.8. The second kappa shape index (κ2) is 7.49. The Morgan fingerprint density at radius 3 is 1.84 bits per heavy atom. The summed E-state index contributed by atoms with van der Waals surface area (Å²) >= 11 is 1.25. The summed E-state index contributed by atoms with van der Waals surface area (Å²) in [7, 11) is 0. The summed E-state index contributed by atoms with van der Waals surface area (Å²) in [6, 6.07) is 17.4. The van der Waals surface area contributed by atoms with Crippen LogP contribution in [0.15, 0.2) is 71.3 Å². The molecule has 0 N–H and O–H groups in total. The fourth-order valence-corrected chi connectivity index (χ4v) is 3.82. The third kappa shape index (κ3) is 3.42. The van der Waals surface area contributed by atoms with Crippen LogP contribution in [0.4, 0.5) is 0 Å². The van der Waals surface area contributed by atoms with Crippen molar-refractivity contribution in [1.29, 1.82) is 0 Å². The number of hydrogen-bond donors (Lipinski definition) is 0. The summed E-state index contributed by atoms with van der Waals surface area (Å²) in [5.74, 6) is -0.548. The summed E-state index contributed by atoms with van der Waals surface area (Å²) in [5, 5.41) is 0.454. The molecule has 0 aliphatic carbocycles. The van der Waals surface area contributed by atoms with Crippen molar-refractivity contribution in [2.75, 3.05) is 12.3 Å². The van der Waals surface area contributed by atoms with Crippen LogP contribution in [-0.4, -0.2) is 34.7 Å². The van der Waals surface area contributed by atoms with Crippen molar-refractivity contribution >= 4 is 29.2 Å². The molecule has 0 bridgehead atoms. The van der Waals surface area contributed by atoms with E-state index in [9.17, 15) is 14.4 Å². The fourth-order valence-electron chi connectivity index (χ4n) is 2.69. The molecule has 1 amide bonds. The van der Waals surface area contributed by atoms with Crippen molar-refractivity contribution in [2.45, 2.75) is 6.92 Å². The van der Waals surface area contributed by atoms with Gasteiger partial charge in [-0.25, -0.2) is 0 Å². The number of amides is 1. The van der Waals surface area contributed by atoms with Crippen LogP contribution in [0.1, 0.15) is 27.6 Å². The lowest BCUT2D eigenvalue weighted by molar-refractivity contribution is -0.125. The summed E-state index contributed by atoms with van der Waals surface area (Å²) in [6.45, 7) is 2.26. The summed E-state index contributed by atoms with van der Waals surface area (Å²) < 4.78 is 0. The van der Waals surface area contributed by atoms with Gasteiger partial charge in [-0.1, -0.05) is 72.4 Å². The largest absolute Gasteiger partial charge is 0.306 e. The van der Waals surface area contributed by atoms with E-state index in [1.54, 1.807) is 48.5 Å². The molecule has 5 heteroatoms. The van der Waals surface area contributed by atoms with Crippen molar-refractivity contribution in [1.82, 2.24) is 4.90 Å². The topological polar surface area (TPSA) is 54.5 Å². The fraction of sp³-hybridized carbons (Fsp3) is 0.150. The van der Waals surface area contributed by atoms with Crippen molar-refractivity contribution in [3.05, 3.63) is 82.4 Å². The van der Waals surface area contributed by atoms with Gasteiger partial charge >= 0.3 is 0 Å². The van der Waals surface area contributed by atoms with Crippen molar-refractivity contribution < 1.29 is 14.4 Å². The highest BCUT2D eigenvalue weighted by atomic mass is 32.2. The number of hydrogen-bond acceptors (Lipinski definition) is 4. The molecule has 2 aromatic rings. The average Bonchev–Trinajstić information content (AvgIpc) is 3.03. The van der Waals surface area contributed by atoms with Gasteiger partial charge in [-0.3, -0.25) is 14.4 Å². The SMILES string of the molecule is CCN1C(=O)CSC1=C(C(=O)c1ccccc1)C(=O)c1ccccc1. The molecule has 1 aliphatic heterocycles. The minimum Gasteiger partial charge on any atom is -0.306 e. The smallest absolute Gasteiger partial charge is 0.237 e. The van der Waals surface area contributed by atoms with E-state index in [0.29, 0.717) is 22.7 Å². The van der Waals surface area contributed by atoms with E-state index < -0.39 is 0 Å². The number of thioether (sulfide) groups is 1. The van der Waals surface area contributed by atoms with Crippen LogP contribution in [0, 0.1) is 0 Å². The normalized spacial score (nSPS) is 13.9. The average molecular weight is 351 g/mol. The first-order valence-electron chi connectivity index (χ1n) is 8.00. The van der Waals surface area contributed by atoms with Crippen LogP contribution >= 0.6 is 11.8 Å². The molecule has 2 aromatic carbocycles. The third-order valence-corrected chi connectivity index (χ3v) is 5.02. The molecular formula is C20H17NO3S. The van der Waals surface area contributed by atoms with Gasteiger partial charge in [0, 0.05) is 17.7 Å². The Morgan fingerprint density at radius 1 is 0.920 bits per heavy atom. The first kappa shape index (κ1) is 17.2. The lowest BCUT2D eigenvalue weighted by Crippen LogP contribution is -2.27. The molecule has 0 aromatic heterocycles. The molecule has 1 aliphatic rings. The number of Topliss-reactive ketones (excluding diaryl/α,β-unsaturated/α-hetero) is 2. The molecule has 0 unspecified atom stereocenters. The first-order valence-corrected chi connectivity index (χ1v) is 8.99. The number of allylic oxidation sites excluding steroid dienone is 1. The number of carbonyl (C=O) groups excluding carboxylic acids is 3. The number of rotatable bonds is 5. The molecule has 0 saturated carbocycles. The minimum absolute atomic E-state index is 0.0649. The van der Waals surface area contributed by atoms with Gasteiger partial charge in [-0.2, -0.15) is 0 Å². The molecule has 4 nitrogen and oxygen atoms in total. The maximum absolute atomic E-state index is 13.1. The maximum atomic E-state index is 13.1. The lowest BCUT2D eigenvalue weighted by atomic mass is 9.96. The van der Waals surface area contributed by atoms with E-state index in [0.717, 1.165) is 0 Å². The van der Waals surface area contributed by atoms with Gasteiger partial charge in [-0.15, -0.1) is 0 Å². The van der Waals surface area contributed by atoms with Gasteiger partial charge in [0.25, 0.3) is 0 Å². The Bertz CT molecular complexity index is 790. The van der Waals surface area contributed by atoms with E-state index in [1.807, 2.05) is 19.1 Å². The Hall–Kier alpha value is -2.66. The Labute approximate surface area is 150 Å². The Balaban J connectivity index is 2.14. The van der Waals surface area contributed by atoms with Crippen molar-refractivity contribution in [3.63, 3.8) is 0 Å². The van der Waals surface area contributed by atoms with Crippen LogP contribution in [0.3, 0.4) is 0 Å². The predicted octanol–water partition coefficient (Wildman–Crippen LogP) is 3.56. The molecule has 0 atom stereocenters. The van der Waals surface area contributed by atoms with E-state index in [1.165, 1.54) is 16.7 Å². The lowest BCUT2D eigenvalue weighted by Gasteiger charge is -2.18. The molecule has 25 heavy (non-hydrogen) atoms. The quantitative estimate of drug-likeness (QED) is 0.358. The van der Waals surface area contributed by atoms with Gasteiger partial charge in [0.15, 0.2) is 11.6 Å². The highest BCUT2D eigenvalue weighted by Crippen LogP contribution is 2.34. The number of carbonyl (C=O) groups is 3. The van der Waals surface area contributed by atoms with Gasteiger partial charge in [-0.05, 0) is 6.92 Å². The monoisotopic (exact) mass is 351 g/mol. The zero-order valence-corrected chi connectivity index (χ0v) is 14.6. The van der Waals surface area contributed by atoms with Crippen LogP contribution in [-0.2, 0) is 4.79 Å². The van der Waals surface area contributed by atoms with Crippen molar-refractivity contribution in [3.8, 4) is 0 Å². The third-order valence-electron chi connectivity index (χ3n) is 3.93. The Kier molecular flexibility index (Phi) is 5.14. The molecule has 126 valence electrons. The predicted molar refractivity (Wildman–Crippen MR) is 98.4 cm³/mol. The molecule has 1 heterocycles. The standard InChI is InChI=1S/C20H17NO3S/c1-2-21-16(22)13-25-20(21)17(18(23)14-9-5-3-6-10-14)19(24)15-11-7-4-8-12-15/h3-12H,2,13H2,1H3. The summed E-state index contributed by atoms with van der Waals surface area (Å²) in [5.41, 5.74) is 0.936. The van der Waals surface area contributed by atoms with E-state index in [4.69, 9.17) is 0 Å². The van der Waals surface area contributed by atoms with Crippen molar-refractivity contribution in [2.24, 2.45) is 0 Å². The minimum atomic E-state index is -0.356. The first-order chi connectivity index (χ1) is 12.1. The van der Waals surface area contributed by atoms with Gasteiger partial charge < -0.3 is 4.90 Å². The molecule has 1 fully saturated rings. The zero-order chi connectivity index (χ0) is 17.8. The van der Waals surface area contributed by atoms with Gasteiger partial charge in [0.2, 0.25) is 5.91 Å².